The average Bonchev–Trinajstić information content (AvgIpc) is 3.48. The summed E-state index contributed by atoms with van der Waals surface area (Å²) in [6.45, 7) is 3.71. The van der Waals surface area contributed by atoms with Crippen molar-refractivity contribution >= 4 is 44.8 Å². The van der Waals surface area contributed by atoms with Gasteiger partial charge in [-0.05, 0) is 74.2 Å². The number of benzene rings is 3. The summed E-state index contributed by atoms with van der Waals surface area (Å²) >= 11 is 0. The van der Waals surface area contributed by atoms with Crippen molar-refractivity contribution in [3.63, 3.8) is 0 Å². The third kappa shape index (κ3) is 9.78. The number of aliphatic hydroxyl groups excluding tert-OH is 1. The maximum atomic E-state index is 14.1. The van der Waals surface area contributed by atoms with Gasteiger partial charge in [0.05, 0.1) is 49.4 Å². The van der Waals surface area contributed by atoms with Crippen molar-refractivity contribution in [1.82, 2.24) is 30.1 Å². The van der Waals surface area contributed by atoms with E-state index >= 15 is 0 Å². The predicted molar refractivity (Wildman–Crippen MR) is 210 cm³/mol. The molecule has 3 aromatic carbocycles. The molecule has 0 fully saturated rings. The minimum absolute atomic E-state index is 0.121. The number of amides is 4. The zero-order chi connectivity index (χ0) is 42.3. The van der Waals surface area contributed by atoms with Gasteiger partial charge in [-0.25, -0.2) is 13.2 Å². The fraction of sp³-hybridized carbons (Fsp3) is 0.410. The Hall–Kier alpha value is -5.92. The van der Waals surface area contributed by atoms with Crippen LogP contribution >= 0.6 is 0 Å². The summed E-state index contributed by atoms with van der Waals surface area (Å²) in [6.07, 6.45) is -0.992. The minimum atomic E-state index is -4.42. The molecule has 0 radical (unpaired) electrons. The van der Waals surface area contributed by atoms with Gasteiger partial charge in [0.1, 0.15) is 23.6 Å². The molecule has 1 aromatic heterocycles. The van der Waals surface area contributed by atoms with E-state index in [-0.39, 0.29) is 65.5 Å². The van der Waals surface area contributed by atoms with Crippen LogP contribution in [0.1, 0.15) is 49.5 Å². The number of carbonyl (C=O) groups excluding carboxylic acids is 4. The number of hydrogen-bond acceptors (Lipinski definition) is 12. The molecule has 5 rings (SSSR count). The van der Waals surface area contributed by atoms with Crippen molar-refractivity contribution in [2.45, 2.75) is 63.2 Å². The summed E-state index contributed by atoms with van der Waals surface area (Å²) in [5, 5.41) is 21.3. The van der Waals surface area contributed by atoms with Crippen LogP contribution in [0.4, 0.5) is 0 Å². The zero-order valence-electron chi connectivity index (χ0n) is 33.0. The van der Waals surface area contributed by atoms with Gasteiger partial charge in [0.15, 0.2) is 17.1 Å². The highest BCUT2D eigenvalue weighted by atomic mass is 32.2. The highest BCUT2D eigenvalue weighted by Crippen LogP contribution is 2.37. The number of oxazole rings is 1. The van der Waals surface area contributed by atoms with Crippen LogP contribution in [0.25, 0.3) is 11.1 Å². The SMILES string of the molecule is COc1ccc2cc1Oc1cccc(OC)c1CNC(=O)[C@@H](C(C)C)NC(=O)[C@H]([C@@H](C)O)NC(=O)CN(S(=O)(=O)c1ccc3oc(=O)n(C)c3c1)CCCCNC2=O. The molecule has 4 aromatic rings. The van der Waals surface area contributed by atoms with E-state index in [9.17, 15) is 37.5 Å². The number of aryl methyl sites for hydroxylation is 1. The van der Waals surface area contributed by atoms with E-state index in [1.165, 1.54) is 52.5 Å². The van der Waals surface area contributed by atoms with Gasteiger partial charge in [-0.3, -0.25) is 23.7 Å². The van der Waals surface area contributed by atoms with E-state index in [1.54, 1.807) is 44.2 Å². The highest BCUT2D eigenvalue weighted by molar-refractivity contribution is 7.89. The normalized spacial score (nSPS) is 18.9. The molecule has 1 aliphatic rings. The molecule has 0 saturated carbocycles. The van der Waals surface area contributed by atoms with Crippen molar-refractivity contribution in [2.75, 3.05) is 33.9 Å². The Kier molecular flexibility index (Phi) is 13.8. The average molecular weight is 825 g/mol. The second-order valence-corrected chi connectivity index (χ2v) is 15.9. The highest BCUT2D eigenvalue weighted by Gasteiger charge is 2.34. The van der Waals surface area contributed by atoms with Gasteiger partial charge in [-0.15, -0.1) is 0 Å². The van der Waals surface area contributed by atoms with Crippen LogP contribution in [0, 0.1) is 5.92 Å². The van der Waals surface area contributed by atoms with Gasteiger partial charge in [-0.2, -0.15) is 4.31 Å². The zero-order valence-corrected chi connectivity index (χ0v) is 33.8. The molecule has 0 spiro atoms. The Balaban J connectivity index is 1.50. The lowest BCUT2D eigenvalue weighted by Crippen LogP contribution is -2.59. The fourth-order valence-corrected chi connectivity index (χ4v) is 7.74. The van der Waals surface area contributed by atoms with E-state index in [2.05, 4.69) is 21.3 Å². The number of methoxy groups -OCH3 is 2. The smallest absolute Gasteiger partial charge is 0.419 e. The van der Waals surface area contributed by atoms with Crippen molar-refractivity contribution in [1.29, 1.82) is 0 Å². The molecule has 5 N–H and O–H groups in total. The Morgan fingerprint density at radius 1 is 0.845 bits per heavy atom. The Labute approximate surface area is 334 Å². The molecule has 0 unspecified atom stereocenters. The second-order valence-electron chi connectivity index (χ2n) is 14.0. The summed E-state index contributed by atoms with van der Waals surface area (Å²) in [4.78, 5) is 66.1. The number of nitrogens with zero attached hydrogens (tertiary/aromatic N) is 2. The Bertz CT molecular complexity index is 2340. The standard InChI is InChI=1S/C39H48N6O12S/c1-22(2)34-37(49)41-20-26-28(54-5)10-9-11-29(26)56-32-18-24(12-14-31(32)55-6)36(48)40-16-7-8-17-45(21-33(47)42-35(23(3)46)38(50)43-34)58(52,53)25-13-15-30-27(19-25)44(4)39(51)57-30/h9-15,18-19,22-23,34-35,46H,7-8,16-17,20-21H2,1-6H3,(H,40,48)(H,41,49)(H,42,47)(H,43,50)/t23-,34-,35+/m1/s1. The third-order valence-corrected chi connectivity index (χ3v) is 11.4. The molecule has 58 heavy (non-hydrogen) atoms. The van der Waals surface area contributed by atoms with E-state index in [0.717, 1.165) is 8.87 Å². The molecule has 312 valence electrons. The summed E-state index contributed by atoms with van der Waals surface area (Å²) < 4.78 is 52.7. The van der Waals surface area contributed by atoms with Crippen LogP contribution in [0.5, 0.6) is 23.0 Å². The van der Waals surface area contributed by atoms with Crippen LogP contribution in [-0.2, 0) is 38.0 Å². The molecule has 18 nitrogen and oxygen atoms in total. The molecule has 3 atom stereocenters. The van der Waals surface area contributed by atoms with Crippen LogP contribution in [0.3, 0.4) is 0 Å². The van der Waals surface area contributed by atoms with Crippen LogP contribution < -0.4 is 41.2 Å². The van der Waals surface area contributed by atoms with Crippen LogP contribution in [0.15, 0.2) is 68.7 Å². The van der Waals surface area contributed by atoms with Gasteiger partial charge < -0.3 is 45.0 Å². The maximum Gasteiger partial charge on any atom is 0.419 e. The molecular formula is C39H48N6O12S. The molecule has 1 aliphatic heterocycles. The van der Waals surface area contributed by atoms with Gasteiger partial charge in [0.2, 0.25) is 27.7 Å². The number of aliphatic hydroxyl groups is 1. The number of hydrogen-bond donors (Lipinski definition) is 5. The lowest BCUT2D eigenvalue weighted by atomic mass is 10.0. The van der Waals surface area contributed by atoms with Crippen LogP contribution in [0.2, 0.25) is 0 Å². The first kappa shape index (κ1) is 43.2. The van der Waals surface area contributed by atoms with Gasteiger partial charge in [-0.1, -0.05) is 19.9 Å². The van der Waals surface area contributed by atoms with Crippen molar-refractivity contribution in [2.24, 2.45) is 13.0 Å². The number of rotatable bonds is 6. The quantitative estimate of drug-likeness (QED) is 0.187. The van der Waals surface area contributed by atoms with Gasteiger partial charge in [0.25, 0.3) is 5.91 Å². The Morgan fingerprint density at radius 3 is 2.28 bits per heavy atom. The number of nitrogens with one attached hydrogen (secondary N) is 4. The summed E-state index contributed by atoms with van der Waals surface area (Å²) in [7, 11) is -0.110. The molecular weight excluding hydrogens is 777 g/mol. The first-order valence-corrected chi connectivity index (χ1v) is 19.9. The lowest BCUT2D eigenvalue weighted by Gasteiger charge is -2.28. The monoisotopic (exact) mass is 824 g/mol. The summed E-state index contributed by atoms with van der Waals surface area (Å²) in [6, 6.07) is 10.7. The first-order valence-electron chi connectivity index (χ1n) is 18.5. The van der Waals surface area contributed by atoms with Gasteiger partial charge >= 0.3 is 5.76 Å². The molecule has 0 aliphatic carbocycles. The fourth-order valence-electron chi connectivity index (χ4n) is 6.29. The third-order valence-electron chi connectivity index (χ3n) is 9.56. The number of carbonyl (C=O) groups is 4. The Morgan fingerprint density at radius 2 is 1.59 bits per heavy atom. The van der Waals surface area contributed by atoms with Crippen molar-refractivity contribution in [3.8, 4) is 23.0 Å². The topological polar surface area (TPSA) is 237 Å². The minimum Gasteiger partial charge on any atom is -0.496 e. The molecule has 4 amide bonds. The van der Waals surface area contributed by atoms with Gasteiger partial charge in [0, 0.05) is 25.7 Å². The number of fused-ring (bicyclic) bond motifs is 4. The van der Waals surface area contributed by atoms with Crippen molar-refractivity contribution in [3.05, 3.63) is 76.3 Å². The predicted octanol–water partition coefficient (Wildman–Crippen LogP) is 1.78. The number of sulfonamides is 1. The molecule has 19 heteroatoms. The van der Waals surface area contributed by atoms with E-state index in [4.69, 9.17) is 18.6 Å². The molecule has 2 heterocycles. The lowest BCUT2D eigenvalue weighted by molar-refractivity contribution is -0.135. The number of ether oxygens (including phenoxy) is 3. The van der Waals surface area contributed by atoms with E-state index < -0.39 is 70.1 Å². The molecule has 0 saturated heterocycles. The maximum absolute atomic E-state index is 14.1. The second kappa shape index (κ2) is 18.6. The van der Waals surface area contributed by atoms with E-state index in [1.807, 2.05) is 0 Å². The number of aromatic nitrogens is 1. The summed E-state index contributed by atoms with van der Waals surface area (Å²) in [5.74, 6) is -2.86. The summed E-state index contributed by atoms with van der Waals surface area (Å²) in [5.41, 5.74) is 1.04. The van der Waals surface area contributed by atoms with Crippen LogP contribution in [-0.4, -0.2) is 98.1 Å². The largest absolute Gasteiger partial charge is 0.496 e. The first-order chi connectivity index (χ1) is 27.5. The van der Waals surface area contributed by atoms with Crippen molar-refractivity contribution < 1.29 is 51.3 Å². The van der Waals surface area contributed by atoms with E-state index in [0.29, 0.717) is 17.1 Å². The molecule has 2 bridgehead atoms.